The lowest BCUT2D eigenvalue weighted by atomic mass is 10.1. The Bertz CT molecular complexity index is 949. The van der Waals surface area contributed by atoms with E-state index in [0.29, 0.717) is 0 Å². The van der Waals surface area contributed by atoms with Gasteiger partial charge in [-0.25, -0.2) is 0 Å². The predicted octanol–water partition coefficient (Wildman–Crippen LogP) is 2.87. The van der Waals surface area contributed by atoms with Crippen molar-refractivity contribution in [3.8, 4) is 10.6 Å². The lowest BCUT2D eigenvalue weighted by molar-refractivity contribution is -0.642. The number of benzene rings is 1. The van der Waals surface area contributed by atoms with Crippen LogP contribution in [-0.4, -0.2) is 9.38 Å². The minimum Gasteiger partial charge on any atom is -0.313 e. The fourth-order valence-electron chi connectivity index (χ4n) is 2.93. The summed E-state index contributed by atoms with van der Waals surface area (Å²) in [6, 6.07) is 8.68. The number of fused-ring (bicyclic) bond motifs is 7. The van der Waals surface area contributed by atoms with Crippen LogP contribution in [0.25, 0.3) is 26.3 Å². The third-order valence-electron chi connectivity index (χ3n) is 3.83. The highest BCUT2D eigenvalue weighted by atomic mass is 32.1. The highest BCUT2D eigenvalue weighted by molar-refractivity contribution is 7.22. The monoisotopic (exact) mass is 264 g/mol. The van der Waals surface area contributed by atoms with Gasteiger partial charge in [0.05, 0.1) is 23.5 Å². The number of rotatable bonds is 0. The zero-order valence-electron chi connectivity index (χ0n) is 10.1. The fraction of sp³-hybridized carbons (Fsp3) is 0.0667. The first-order valence-corrected chi connectivity index (χ1v) is 7.09. The number of hydrogen-bond donors (Lipinski definition) is 0. The maximum Gasteiger partial charge on any atom is 0.271 e. The molecule has 0 saturated carbocycles. The molecule has 90 valence electrons. The summed E-state index contributed by atoms with van der Waals surface area (Å²) in [5.41, 5.74) is 5.31. The largest absolute Gasteiger partial charge is 0.313 e. The van der Waals surface area contributed by atoms with Gasteiger partial charge in [0.2, 0.25) is 5.52 Å². The van der Waals surface area contributed by atoms with Crippen LogP contribution in [0.3, 0.4) is 0 Å². The third-order valence-corrected chi connectivity index (χ3v) is 5.08. The Morgan fingerprint density at radius 3 is 3.21 bits per heavy atom. The summed E-state index contributed by atoms with van der Waals surface area (Å²) in [7, 11) is 0. The molecule has 0 amide bonds. The molecule has 3 aromatic heterocycles. The zero-order chi connectivity index (χ0) is 12.4. The molecule has 0 radical (unpaired) electrons. The second-order valence-electron chi connectivity index (χ2n) is 4.86. The standard InChI is InChI=1S/C15H10N3S/c1-2-4-11-10(3-1)8-18-13-9-17-6-5-16-7-12(17)14(13)19-15(11)18/h1-7,9H,8H2/q+1. The highest BCUT2D eigenvalue weighted by Gasteiger charge is 2.32. The molecule has 5 rings (SSSR count). The Balaban J connectivity index is 1.93. The van der Waals surface area contributed by atoms with E-state index in [-0.39, 0.29) is 0 Å². The van der Waals surface area contributed by atoms with Gasteiger partial charge in [-0.05, 0) is 6.07 Å². The topological polar surface area (TPSA) is 21.2 Å². The van der Waals surface area contributed by atoms with E-state index in [9.17, 15) is 0 Å². The Kier molecular flexibility index (Phi) is 1.64. The van der Waals surface area contributed by atoms with Crippen LogP contribution in [0.2, 0.25) is 0 Å². The van der Waals surface area contributed by atoms with Crippen LogP contribution >= 0.6 is 11.3 Å². The van der Waals surface area contributed by atoms with Crippen molar-refractivity contribution in [2.24, 2.45) is 0 Å². The van der Waals surface area contributed by atoms with Crippen molar-refractivity contribution in [2.75, 3.05) is 0 Å². The maximum absolute atomic E-state index is 4.24. The SMILES string of the molecule is c1ccc2c(c1)C[n+]1c-2sc2c3cnccn3cc21. The number of nitrogens with zero attached hydrogens (tertiary/aromatic N) is 3. The molecule has 4 heterocycles. The second kappa shape index (κ2) is 3.22. The van der Waals surface area contributed by atoms with Gasteiger partial charge in [-0.2, -0.15) is 4.57 Å². The Labute approximate surface area is 113 Å². The smallest absolute Gasteiger partial charge is 0.271 e. The lowest BCUT2D eigenvalue weighted by Crippen LogP contribution is -2.29. The van der Waals surface area contributed by atoms with Crippen molar-refractivity contribution in [3.63, 3.8) is 0 Å². The molecule has 0 atom stereocenters. The molecule has 1 aliphatic heterocycles. The van der Waals surface area contributed by atoms with E-state index < -0.39 is 0 Å². The summed E-state index contributed by atoms with van der Waals surface area (Å²) in [4.78, 5) is 4.24. The van der Waals surface area contributed by atoms with Crippen LogP contribution in [0.4, 0.5) is 0 Å². The van der Waals surface area contributed by atoms with Crippen molar-refractivity contribution in [3.05, 3.63) is 54.6 Å². The molecule has 0 saturated heterocycles. The molecular weight excluding hydrogens is 254 g/mol. The van der Waals surface area contributed by atoms with Gasteiger partial charge < -0.3 is 4.40 Å². The summed E-state index contributed by atoms with van der Waals surface area (Å²) in [6.45, 7) is 0.982. The summed E-state index contributed by atoms with van der Waals surface area (Å²) in [5, 5.41) is 1.37. The third kappa shape index (κ3) is 1.12. The molecule has 4 aromatic rings. The molecule has 0 unspecified atom stereocenters. The minimum absolute atomic E-state index is 0.982. The van der Waals surface area contributed by atoms with Gasteiger partial charge in [0.25, 0.3) is 5.01 Å². The molecule has 19 heavy (non-hydrogen) atoms. The van der Waals surface area contributed by atoms with E-state index in [1.165, 1.54) is 31.9 Å². The minimum atomic E-state index is 0.982. The number of aromatic nitrogens is 3. The van der Waals surface area contributed by atoms with Crippen molar-refractivity contribution >= 4 is 27.1 Å². The van der Waals surface area contributed by atoms with Gasteiger partial charge in [0, 0.05) is 18.0 Å². The molecule has 0 fully saturated rings. The quantitative estimate of drug-likeness (QED) is 0.394. The summed E-state index contributed by atoms with van der Waals surface area (Å²) in [6.07, 6.45) is 7.99. The van der Waals surface area contributed by atoms with E-state index in [2.05, 4.69) is 44.4 Å². The van der Waals surface area contributed by atoms with Crippen molar-refractivity contribution in [1.29, 1.82) is 0 Å². The van der Waals surface area contributed by atoms with Crippen LogP contribution in [-0.2, 0) is 6.54 Å². The Morgan fingerprint density at radius 1 is 1.26 bits per heavy atom. The average Bonchev–Trinajstić information content (AvgIpc) is 3.07. The van der Waals surface area contributed by atoms with Crippen LogP contribution in [0, 0.1) is 0 Å². The summed E-state index contributed by atoms with van der Waals surface area (Å²) < 4.78 is 5.90. The van der Waals surface area contributed by atoms with E-state index in [1.807, 2.05) is 29.9 Å². The normalized spacial score (nSPS) is 13.1. The molecule has 1 aliphatic rings. The summed E-state index contributed by atoms with van der Waals surface area (Å²) in [5.74, 6) is 0. The first kappa shape index (κ1) is 9.69. The highest BCUT2D eigenvalue weighted by Crippen LogP contribution is 2.37. The Hall–Kier alpha value is -2.20. The molecule has 0 spiro atoms. The first-order valence-electron chi connectivity index (χ1n) is 6.27. The molecular formula is C15H10N3S+. The molecule has 1 aromatic carbocycles. The Morgan fingerprint density at radius 2 is 2.21 bits per heavy atom. The van der Waals surface area contributed by atoms with Crippen LogP contribution in [0.15, 0.2) is 49.1 Å². The van der Waals surface area contributed by atoms with E-state index >= 15 is 0 Å². The molecule has 4 heteroatoms. The second-order valence-corrected chi connectivity index (χ2v) is 5.86. The van der Waals surface area contributed by atoms with Crippen LogP contribution < -0.4 is 4.57 Å². The fourth-order valence-corrected chi connectivity index (χ4v) is 4.24. The van der Waals surface area contributed by atoms with E-state index in [4.69, 9.17) is 0 Å². The average molecular weight is 264 g/mol. The summed E-state index contributed by atoms with van der Waals surface area (Å²) >= 11 is 1.87. The predicted molar refractivity (Wildman–Crippen MR) is 75.3 cm³/mol. The van der Waals surface area contributed by atoms with E-state index in [1.54, 1.807) is 0 Å². The van der Waals surface area contributed by atoms with Crippen LogP contribution in [0.1, 0.15) is 5.56 Å². The molecule has 0 bridgehead atoms. The van der Waals surface area contributed by atoms with Gasteiger partial charge in [-0.1, -0.05) is 29.5 Å². The number of thiazole rings is 1. The molecule has 3 nitrogen and oxygen atoms in total. The van der Waals surface area contributed by atoms with Crippen molar-refractivity contribution in [1.82, 2.24) is 9.38 Å². The molecule has 0 N–H and O–H groups in total. The lowest BCUT2D eigenvalue weighted by Gasteiger charge is -1.90. The van der Waals surface area contributed by atoms with Gasteiger partial charge in [0.15, 0.2) is 6.54 Å². The van der Waals surface area contributed by atoms with E-state index in [0.717, 1.165) is 6.54 Å². The van der Waals surface area contributed by atoms with Gasteiger partial charge in [0.1, 0.15) is 4.70 Å². The van der Waals surface area contributed by atoms with Gasteiger partial charge in [-0.3, -0.25) is 4.98 Å². The van der Waals surface area contributed by atoms with Crippen molar-refractivity contribution in [2.45, 2.75) is 6.54 Å². The molecule has 0 aliphatic carbocycles. The van der Waals surface area contributed by atoms with Crippen LogP contribution in [0.5, 0.6) is 0 Å². The van der Waals surface area contributed by atoms with Gasteiger partial charge >= 0.3 is 0 Å². The number of hydrogen-bond acceptors (Lipinski definition) is 2. The zero-order valence-corrected chi connectivity index (χ0v) is 10.9. The van der Waals surface area contributed by atoms with Crippen molar-refractivity contribution < 1.29 is 4.57 Å². The maximum atomic E-state index is 4.24. The van der Waals surface area contributed by atoms with Gasteiger partial charge in [-0.15, -0.1) is 0 Å². The first-order chi connectivity index (χ1) is 9.42.